The molecular weight excluding hydrogens is 336 g/mol. The number of nitrogens with zero attached hydrogens (tertiary/aromatic N) is 2. The minimum atomic E-state index is -0.230. The second kappa shape index (κ2) is 9.29. The summed E-state index contributed by atoms with van der Waals surface area (Å²) in [6, 6.07) is 7.66. The van der Waals surface area contributed by atoms with Crippen LogP contribution in [0.15, 0.2) is 29.6 Å². The molecule has 1 heterocycles. The van der Waals surface area contributed by atoms with Crippen LogP contribution >= 0.6 is 11.3 Å². The first kappa shape index (κ1) is 19.1. The Hall–Kier alpha value is -2.25. The molecule has 134 valence electrons. The third-order valence-corrected chi connectivity index (χ3v) is 4.45. The molecule has 1 aromatic carbocycles. The smallest absolute Gasteiger partial charge is 0.243 e. The van der Waals surface area contributed by atoms with Crippen molar-refractivity contribution in [2.75, 3.05) is 25.5 Å². The largest absolute Gasteiger partial charge is 0.346 e. The summed E-state index contributed by atoms with van der Waals surface area (Å²) < 4.78 is 0. The van der Waals surface area contributed by atoms with Gasteiger partial charge >= 0.3 is 0 Å². The number of rotatable bonds is 8. The first-order valence-corrected chi connectivity index (χ1v) is 9.10. The Morgan fingerprint density at radius 3 is 2.68 bits per heavy atom. The summed E-state index contributed by atoms with van der Waals surface area (Å²) in [7, 11) is 1.85. The highest BCUT2D eigenvalue weighted by atomic mass is 32.1. The van der Waals surface area contributed by atoms with Crippen molar-refractivity contribution in [2.45, 2.75) is 26.8 Å². The van der Waals surface area contributed by atoms with Crippen LogP contribution in [0.3, 0.4) is 0 Å². The van der Waals surface area contributed by atoms with Gasteiger partial charge in [-0.2, -0.15) is 0 Å². The summed E-state index contributed by atoms with van der Waals surface area (Å²) in [4.78, 5) is 30.2. The Kier molecular flexibility index (Phi) is 7.09. The summed E-state index contributed by atoms with van der Waals surface area (Å²) in [5, 5.41) is 8.49. The number of hydrogen-bond acceptors (Lipinski definition) is 5. The number of carbonyl (C=O) groups is 2. The molecule has 7 heteroatoms. The zero-order valence-corrected chi connectivity index (χ0v) is 15.7. The van der Waals surface area contributed by atoms with Crippen molar-refractivity contribution in [2.24, 2.45) is 0 Å². The quantitative estimate of drug-likeness (QED) is 0.757. The van der Waals surface area contributed by atoms with E-state index in [0.717, 1.165) is 28.4 Å². The normalized spacial score (nSPS) is 10.7. The van der Waals surface area contributed by atoms with Crippen molar-refractivity contribution in [3.63, 3.8) is 0 Å². The number of thiazole rings is 1. The molecule has 0 atom stereocenters. The Morgan fingerprint density at radius 1 is 1.24 bits per heavy atom. The van der Waals surface area contributed by atoms with Crippen LogP contribution in [0.25, 0.3) is 0 Å². The van der Waals surface area contributed by atoms with Gasteiger partial charge in [-0.15, -0.1) is 11.3 Å². The highest BCUT2D eigenvalue weighted by molar-refractivity contribution is 7.09. The summed E-state index contributed by atoms with van der Waals surface area (Å²) in [5.74, 6) is -0.416. The van der Waals surface area contributed by atoms with E-state index in [2.05, 4.69) is 15.6 Å². The SMILES string of the molecule is CCc1ccccc1NC(=O)CNC(=O)CN(C)Cc1csc(C)n1. The lowest BCUT2D eigenvalue weighted by Crippen LogP contribution is -2.39. The number of hydrogen-bond donors (Lipinski definition) is 2. The van der Waals surface area contributed by atoms with E-state index in [4.69, 9.17) is 0 Å². The van der Waals surface area contributed by atoms with Crippen LogP contribution in [0.4, 0.5) is 5.69 Å². The molecule has 2 rings (SSSR count). The molecule has 0 saturated carbocycles. The van der Waals surface area contributed by atoms with Gasteiger partial charge in [0.05, 0.1) is 23.8 Å². The lowest BCUT2D eigenvalue weighted by Gasteiger charge is -2.15. The molecule has 2 aromatic rings. The predicted molar refractivity (Wildman–Crippen MR) is 101 cm³/mol. The monoisotopic (exact) mass is 360 g/mol. The van der Waals surface area contributed by atoms with Crippen molar-refractivity contribution in [3.8, 4) is 0 Å². The van der Waals surface area contributed by atoms with Gasteiger partial charge in [0.15, 0.2) is 0 Å². The van der Waals surface area contributed by atoms with Crippen LogP contribution in [0, 0.1) is 6.92 Å². The molecule has 2 amide bonds. The second-order valence-electron chi connectivity index (χ2n) is 5.87. The third kappa shape index (κ3) is 6.28. The molecule has 0 fully saturated rings. The predicted octanol–water partition coefficient (Wildman–Crippen LogP) is 2.20. The van der Waals surface area contributed by atoms with Crippen LogP contribution in [-0.2, 0) is 22.6 Å². The minimum absolute atomic E-state index is 0.0411. The molecule has 0 aliphatic carbocycles. The van der Waals surface area contributed by atoms with Gasteiger partial charge < -0.3 is 10.6 Å². The molecule has 0 bridgehead atoms. The zero-order chi connectivity index (χ0) is 18.2. The number of aromatic nitrogens is 1. The Morgan fingerprint density at radius 2 is 2.00 bits per heavy atom. The van der Waals surface area contributed by atoms with Crippen LogP contribution in [0.1, 0.15) is 23.2 Å². The fourth-order valence-electron chi connectivity index (χ4n) is 2.44. The number of benzene rings is 1. The molecule has 0 unspecified atom stereocenters. The number of anilines is 1. The molecule has 0 spiro atoms. The highest BCUT2D eigenvalue weighted by Gasteiger charge is 2.11. The first-order valence-electron chi connectivity index (χ1n) is 8.22. The van der Waals surface area contributed by atoms with E-state index in [0.29, 0.717) is 6.54 Å². The summed E-state index contributed by atoms with van der Waals surface area (Å²) in [6.45, 7) is 4.77. The molecular formula is C18H24N4O2S. The number of amides is 2. The Balaban J connectivity index is 1.74. The van der Waals surface area contributed by atoms with Crippen LogP contribution in [0.5, 0.6) is 0 Å². The maximum Gasteiger partial charge on any atom is 0.243 e. The van der Waals surface area contributed by atoms with E-state index in [1.54, 1.807) is 11.3 Å². The average Bonchev–Trinajstić information content (AvgIpc) is 2.98. The fourth-order valence-corrected chi connectivity index (χ4v) is 3.04. The topological polar surface area (TPSA) is 74.3 Å². The average molecular weight is 360 g/mol. The van der Waals surface area contributed by atoms with E-state index in [-0.39, 0.29) is 24.9 Å². The van der Waals surface area contributed by atoms with E-state index >= 15 is 0 Å². The van der Waals surface area contributed by atoms with E-state index in [1.807, 2.05) is 55.4 Å². The van der Waals surface area contributed by atoms with Gasteiger partial charge in [-0.3, -0.25) is 14.5 Å². The van der Waals surface area contributed by atoms with Crippen LogP contribution in [0.2, 0.25) is 0 Å². The standard InChI is InChI=1S/C18H24N4O2S/c1-4-14-7-5-6-8-16(14)21-17(23)9-19-18(24)11-22(3)10-15-12-25-13(2)20-15/h5-8,12H,4,9-11H2,1-3H3,(H,19,24)(H,21,23). The maximum atomic E-state index is 12.0. The number of aryl methyl sites for hydroxylation is 2. The van der Waals surface area contributed by atoms with Crippen molar-refractivity contribution < 1.29 is 9.59 Å². The van der Waals surface area contributed by atoms with Crippen LogP contribution in [-0.4, -0.2) is 41.8 Å². The molecule has 2 N–H and O–H groups in total. The van der Waals surface area contributed by atoms with Crippen molar-refractivity contribution >= 4 is 28.8 Å². The second-order valence-corrected chi connectivity index (χ2v) is 6.93. The van der Waals surface area contributed by atoms with E-state index < -0.39 is 0 Å². The van der Waals surface area contributed by atoms with Crippen LogP contribution < -0.4 is 10.6 Å². The van der Waals surface area contributed by atoms with Gasteiger partial charge in [0.2, 0.25) is 11.8 Å². The minimum Gasteiger partial charge on any atom is -0.346 e. The molecule has 0 radical (unpaired) electrons. The van der Waals surface area contributed by atoms with E-state index in [1.165, 1.54) is 0 Å². The van der Waals surface area contributed by atoms with Gasteiger partial charge in [-0.25, -0.2) is 4.98 Å². The summed E-state index contributed by atoms with van der Waals surface area (Å²) >= 11 is 1.59. The lowest BCUT2D eigenvalue weighted by molar-refractivity contribution is -0.124. The molecule has 1 aromatic heterocycles. The van der Waals surface area contributed by atoms with Gasteiger partial charge in [0.25, 0.3) is 0 Å². The summed E-state index contributed by atoms with van der Waals surface area (Å²) in [6.07, 6.45) is 0.837. The van der Waals surface area contributed by atoms with E-state index in [9.17, 15) is 9.59 Å². The first-order chi connectivity index (χ1) is 12.0. The highest BCUT2D eigenvalue weighted by Crippen LogP contribution is 2.15. The number of carbonyl (C=O) groups excluding carboxylic acids is 2. The van der Waals surface area contributed by atoms with Crippen molar-refractivity contribution in [3.05, 3.63) is 45.9 Å². The molecule has 0 aliphatic heterocycles. The van der Waals surface area contributed by atoms with Gasteiger partial charge in [-0.05, 0) is 32.0 Å². The van der Waals surface area contributed by atoms with Gasteiger partial charge in [0.1, 0.15) is 0 Å². The molecule has 25 heavy (non-hydrogen) atoms. The number of para-hydroxylation sites is 1. The Labute approximate surface area is 152 Å². The Bertz CT molecular complexity index is 729. The fraction of sp³-hybridized carbons (Fsp3) is 0.389. The maximum absolute atomic E-state index is 12.0. The van der Waals surface area contributed by atoms with Gasteiger partial charge in [0, 0.05) is 17.6 Å². The number of likely N-dealkylation sites (N-methyl/N-ethyl adjacent to an activating group) is 1. The third-order valence-electron chi connectivity index (χ3n) is 3.63. The van der Waals surface area contributed by atoms with Crippen molar-refractivity contribution in [1.29, 1.82) is 0 Å². The molecule has 0 saturated heterocycles. The van der Waals surface area contributed by atoms with Crippen molar-refractivity contribution in [1.82, 2.24) is 15.2 Å². The summed E-state index contributed by atoms with van der Waals surface area (Å²) in [5.41, 5.74) is 2.81. The van der Waals surface area contributed by atoms with Gasteiger partial charge in [-0.1, -0.05) is 25.1 Å². The lowest BCUT2D eigenvalue weighted by atomic mass is 10.1. The molecule has 6 nitrogen and oxygen atoms in total. The number of nitrogens with one attached hydrogen (secondary N) is 2. The zero-order valence-electron chi connectivity index (χ0n) is 14.8. The molecule has 0 aliphatic rings.